The Hall–Kier alpha value is -2.67. The van der Waals surface area contributed by atoms with Crippen LogP contribution in [0.15, 0.2) is 65.3 Å². The number of alkyl halides is 3. The number of hydrogen-bond donors (Lipinski definition) is 0. The molecule has 1 aromatic carbocycles. The molecule has 4 atom stereocenters. The number of carbonyl (C=O) groups excluding carboxylic acids is 2. The number of ether oxygens (including phenoxy) is 2. The summed E-state index contributed by atoms with van der Waals surface area (Å²) in [5.41, 5.74) is -1.10. The topological polar surface area (TPSA) is 52.6 Å². The Morgan fingerprint density at radius 1 is 1.03 bits per heavy atom. The predicted octanol–water partition coefficient (Wildman–Crippen LogP) is 7.26. The number of carbonyl (C=O) groups is 2. The van der Waals surface area contributed by atoms with Gasteiger partial charge in [0.1, 0.15) is 6.10 Å². The van der Waals surface area contributed by atoms with Crippen LogP contribution in [0.2, 0.25) is 0 Å². The van der Waals surface area contributed by atoms with Crippen molar-refractivity contribution in [2.45, 2.75) is 78.2 Å². The van der Waals surface area contributed by atoms with Crippen molar-refractivity contribution in [3.8, 4) is 0 Å². The molecule has 0 amide bonds. The molecule has 2 aliphatic rings. The highest BCUT2D eigenvalue weighted by Gasteiger charge is 2.64. The molecular formula is C30H37F3O4. The number of allylic oxidation sites excluding steroid dienone is 4. The van der Waals surface area contributed by atoms with Crippen LogP contribution in [0.3, 0.4) is 0 Å². The lowest BCUT2D eigenvalue weighted by molar-refractivity contribution is -0.277. The molecule has 0 aromatic heterocycles. The fraction of sp³-hybridized carbons (Fsp3) is 0.533. The second kappa shape index (κ2) is 11.0. The third-order valence-corrected chi connectivity index (χ3v) is 7.92. The van der Waals surface area contributed by atoms with Crippen molar-refractivity contribution in [1.82, 2.24) is 0 Å². The Kier molecular flexibility index (Phi) is 8.57. The molecule has 0 saturated heterocycles. The number of methoxy groups -OCH3 is 1. The molecule has 1 fully saturated rings. The molecule has 37 heavy (non-hydrogen) atoms. The zero-order valence-electron chi connectivity index (χ0n) is 22.4. The zero-order valence-corrected chi connectivity index (χ0v) is 22.4. The molecule has 4 nitrogen and oxygen atoms in total. The normalized spacial score (nSPS) is 30.7. The van der Waals surface area contributed by atoms with Crippen molar-refractivity contribution >= 4 is 11.8 Å². The molecule has 0 bridgehead atoms. The second-order valence-electron chi connectivity index (χ2n) is 10.9. The van der Waals surface area contributed by atoms with Gasteiger partial charge in [-0.2, -0.15) is 13.2 Å². The summed E-state index contributed by atoms with van der Waals surface area (Å²) < 4.78 is 53.6. The molecular weight excluding hydrogens is 481 g/mol. The number of esters is 1. The van der Waals surface area contributed by atoms with Gasteiger partial charge in [-0.15, -0.1) is 0 Å². The van der Waals surface area contributed by atoms with Gasteiger partial charge in [-0.25, -0.2) is 4.79 Å². The molecule has 0 radical (unpaired) electrons. The van der Waals surface area contributed by atoms with Crippen LogP contribution in [0.5, 0.6) is 0 Å². The molecule has 2 aliphatic carbocycles. The summed E-state index contributed by atoms with van der Waals surface area (Å²) in [5, 5.41) is 0. The molecule has 1 aromatic rings. The van der Waals surface area contributed by atoms with E-state index in [9.17, 15) is 22.8 Å². The first kappa shape index (κ1) is 28.9. The van der Waals surface area contributed by atoms with Crippen molar-refractivity contribution in [2.75, 3.05) is 7.11 Å². The summed E-state index contributed by atoms with van der Waals surface area (Å²) in [6.45, 7) is 9.91. The summed E-state index contributed by atoms with van der Waals surface area (Å²) in [6, 6.07) is 6.80. The summed E-state index contributed by atoms with van der Waals surface area (Å²) in [7, 11) is 0.858. The van der Waals surface area contributed by atoms with Gasteiger partial charge in [-0.05, 0) is 62.5 Å². The van der Waals surface area contributed by atoms with Crippen molar-refractivity contribution in [3.05, 3.63) is 70.8 Å². The van der Waals surface area contributed by atoms with Crippen molar-refractivity contribution in [1.29, 1.82) is 0 Å². The summed E-state index contributed by atoms with van der Waals surface area (Å²) in [5.74, 6) is -0.789. The molecule has 1 saturated carbocycles. The van der Waals surface area contributed by atoms with Crippen LogP contribution in [0.4, 0.5) is 13.2 Å². The van der Waals surface area contributed by atoms with Crippen LogP contribution in [0.25, 0.3) is 0 Å². The highest BCUT2D eigenvalue weighted by Crippen LogP contribution is 2.61. The molecule has 0 aliphatic heterocycles. The van der Waals surface area contributed by atoms with Gasteiger partial charge in [0.15, 0.2) is 5.78 Å². The van der Waals surface area contributed by atoms with E-state index in [1.54, 1.807) is 25.1 Å². The van der Waals surface area contributed by atoms with Gasteiger partial charge in [-0.1, -0.05) is 67.5 Å². The lowest BCUT2D eigenvalue weighted by Gasteiger charge is -2.33. The van der Waals surface area contributed by atoms with Crippen molar-refractivity contribution < 1.29 is 32.2 Å². The van der Waals surface area contributed by atoms with Gasteiger partial charge in [0, 0.05) is 25.5 Å². The first-order chi connectivity index (χ1) is 17.2. The maximum Gasteiger partial charge on any atom is 0.432 e. The maximum atomic E-state index is 14.4. The first-order valence-electron chi connectivity index (χ1n) is 12.7. The van der Waals surface area contributed by atoms with Crippen molar-refractivity contribution in [3.63, 3.8) is 0 Å². The SMILES string of the molecule is CO[C@](C(=O)O[C@@H]1/C=C(\C)CC[C@@H]2[C@@H](/C=C(\C)C(=O)C/C=C(\C)C1)C2(C)C)(c1ccccc1)C(F)(F)F. The van der Waals surface area contributed by atoms with Gasteiger partial charge in [0.25, 0.3) is 5.60 Å². The fourth-order valence-corrected chi connectivity index (χ4v) is 5.39. The average Bonchev–Trinajstić information content (AvgIpc) is 3.33. The van der Waals surface area contributed by atoms with E-state index in [1.807, 2.05) is 13.8 Å². The Morgan fingerprint density at radius 2 is 1.68 bits per heavy atom. The highest BCUT2D eigenvalue weighted by molar-refractivity contribution is 5.95. The molecule has 0 spiro atoms. The quantitative estimate of drug-likeness (QED) is 0.311. The van der Waals surface area contributed by atoms with Crippen LogP contribution in [0, 0.1) is 17.3 Å². The molecule has 202 valence electrons. The van der Waals surface area contributed by atoms with E-state index >= 15 is 0 Å². The second-order valence-corrected chi connectivity index (χ2v) is 10.9. The number of fused-ring (bicyclic) bond motifs is 1. The van der Waals surface area contributed by atoms with Crippen LogP contribution in [-0.2, 0) is 24.7 Å². The third-order valence-electron chi connectivity index (χ3n) is 7.92. The summed E-state index contributed by atoms with van der Waals surface area (Å²) in [4.78, 5) is 26.0. The van der Waals surface area contributed by atoms with Crippen molar-refractivity contribution in [2.24, 2.45) is 17.3 Å². The summed E-state index contributed by atoms with van der Waals surface area (Å²) >= 11 is 0. The molecule has 7 heteroatoms. The minimum atomic E-state index is -5.05. The Labute approximate surface area is 217 Å². The maximum absolute atomic E-state index is 14.4. The Balaban J connectivity index is 1.95. The van der Waals surface area contributed by atoms with E-state index < -0.39 is 23.9 Å². The lowest BCUT2D eigenvalue weighted by Crippen LogP contribution is -2.52. The van der Waals surface area contributed by atoms with E-state index in [4.69, 9.17) is 9.47 Å². The van der Waals surface area contributed by atoms with Crippen LogP contribution < -0.4 is 0 Å². The van der Waals surface area contributed by atoms with Gasteiger partial charge in [0.05, 0.1) is 0 Å². The number of rotatable bonds is 4. The van der Waals surface area contributed by atoms with E-state index in [0.717, 1.165) is 36.7 Å². The molecule has 0 unspecified atom stereocenters. The van der Waals surface area contributed by atoms with Crippen LogP contribution in [0.1, 0.15) is 65.9 Å². The number of hydrogen-bond acceptors (Lipinski definition) is 4. The average molecular weight is 519 g/mol. The van der Waals surface area contributed by atoms with E-state index in [2.05, 4.69) is 19.9 Å². The Morgan fingerprint density at radius 3 is 2.27 bits per heavy atom. The van der Waals surface area contributed by atoms with Gasteiger partial charge < -0.3 is 9.47 Å². The zero-order chi connectivity index (χ0) is 27.6. The van der Waals surface area contributed by atoms with Gasteiger partial charge in [-0.3, -0.25) is 4.79 Å². The van der Waals surface area contributed by atoms with Gasteiger partial charge >= 0.3 is 12.1 Å². The Bertz CT molecular complexity index is 1100. The highest BCUT2D eigenvalue weighted by atomic mass is 19.4. The predicted molar refractivity (Wildman–Crippen MR) is 137 cm³/mol. The standard InChI is InChI=1S/C30H37F3O4/c1-19-12-14-24-25(28(24,4)5)18-21(3)26(34)15-13-20(2)17-23(16-19)37-27(35)29(36-6,30(31,32)33)22-10-8-7-9-11-22/h7-11,13,16,18,23-25H,12,14-15,17H2,1-6H3/b19-16+,20-13+,21-18+/t23-,24-,25-,29+/m1/s1. The minimum absolute atomic E-state index is 0.0117. The number of benzene rings is 1. The largest absolute Gasteiger partial charge is 0.455 e. The number of halogens is 3. The van der Waals surface area contributed by atoms with Crippen LogP contribution in [-0.4, -0.2) is 31.1 Å². The van der Waals surface area contributed by atoms with E-state index in [0.29, 0.717) is 11.8 Å². The first-order valence-corrected chi connectivity index (χ1v) is 12.7. The number of ketones is 1. The lowest BCUT2D eigenvalue weighted by atomic mass is 9.92. The number of Topliss-reactive ketones (excluding diaryl/α,β-unsaturated/α-hetero) is 1. The molecule has 0 N–H and O–H groups in total. The fourth-order valence-electron chi connectivity index (χ4n) is 5.39. The minimum Gasteiger partial charge on any atom is -0.455 e. The third kappa shape index (κ3) is 6.08. The molecule has 0 heterocycles. The smallest absolute Gasteiger partial charge is 0.432 e. The summed E-state index contributed by atoms with van der Waals surface area (Å²) in [6.07, 6.45) is 1.54. The van der Waals surface area contributed by atoms with E-state index in [-0.39, 0.29) is 29.6 Å². The molecule has 3 rings (SSSR count). The van der Waals surface area contributed by atoms with Crippen LogP contribution >= 0.6 is 0 Å². The monoisotopic (exact) mass is 518 g/mol. The van der Waals surface area contributed by atoms with E-state index in [1.165, 1.54) is 24.3 Å². The van der Waals surface area contributed by atoms with Gasteiger partial charge in [0.2, 0.25) is 0 Å².